The Kier molecular flexibility index (Phi) is 4.00. The van der Waals surface area contributed by atoms with Crippen molar-refractivity contribution in [3.63, 3.8) is 0 Å². The summed E-state index contributed by atoms with van der Waals surface area (Å²) in [5, 5.41) is 0. The maximum Gasteiger partial charge on any atom is 0.224 e. The van der Waals surface area contributed by atoms with E-state index < -0.39 is 0 Å². The molecule has 0 bridgehead atoms. The third kappa shape index (κ3) is 2.64. The predicted molar refractivity (Wildman–Crippen MR) is 85.6 cm³/mol. The van der Waals surface area contributed by atoms with E-state index in [4.69, 9.17) is 9.47 Å². The van der Waals surface area contributed by atoms with E-state index in [9.17, 15) is 4.79 Å². The molecule has 4 nitrogen and oxygen atoms in total. The van der Waals surface area contributed by atoms with Crippen molar-refractivity contribution >= 4 is 11.6 Å². The van der Waals surface area contributed by atoms with Gasteiger partial charge in [0.05, 0.1) is 18.8 Å². The smallest absolute Gasteiger partial charge is 0.224 e. The SMILES string of the molecule is COc1ccccc1C[C@H]1COc2ccccc2N1C(C)=O. The van der Waals surface area contributed by atoms with Crippen LogP contribution in [0.15, 0.2) is 48.5 Å². The van der Waals surface area contributed by atoms with Gasteiger partial charge >= 0.3 is 0 Å². The van der Waals surface area contributed by atoms with Gasteiger partial charge in [-0.1, -0.05) is 30.3 Å². The molecule has 4 heteroatoms. The molecule has 1 aliphatic rings. The molecule has 0 spiro atoms. The molecule has 1 aliphatic heterocycles. The first-order valence-electron chi connectivity index (χ1n) is 7.34. The Morgan fingerprint density at radius 2 is 1.95 bits per heavy atom. The first kappa shape index (κ1) is 14.4. The van der Waals surface area contributed by atoms with Gasteiger partial charge in [0.2, 0.25) is 5.91 Å². The fourth-order valence-corrected chi connectivity index (χ4v) is 2.94. The Balaban J connectivity index is 1.92. The normalized spacial score (nSPS) is 16.6. The van der Waals surface area contributed by atoms with Crippen LogP contribution in [-0.2, 0) is 11.2 Å². The van der Waals surface area contributed by atoms with Crippen molar-refractivity contribution in [2.45, 2.75) is 19.4 Å². The molecule has 114 valence electrons. The first-order chi connectivity index (χ1) is 10.7. The molecule has 0 saturated carbocycles. The van der Waals surface area contributed by atoms with Crippen molar-refractivity contribution < 1.29 is 14.3 Å². The molecule has 0 N–H and O–H groups in total. The largest absolute Gasteiger partial charge is 0.496 e. The number of para-hydroxylation sites is 3. The van der Waals surface area contributed by atoms with Crippen LogP contribution < -0.4 is 14.4 Å². The summed E-state index contributed by atoms with van der Waals surface area (Å²) >= 11 is 0. The average Bonchev–Trinajstić information content (AvgIpc) is 2.54. The van der Waals surface area contributed by atoms with E-state index in [0.717, 1.165) is 22.7 Å². The second-order valence-corrected chi connectivity index (χ2v) is 5.34. The fraction of sp³-hybridized carbons (Fsp3) is 0.278. The van der Waals surface area contributed by atoms with Crippen molar-refractivity contribution in [2.75, 3.05) is 18.6 Å². The summed E-state index contributed by atoms with van der Waals surface area (Å²) < 4.78 is 11.2. The number of carbonyl (C=O) groups is 1. The Labute approximate surface area is 130 Å². The van der Waals surface area contributed by atoms with Gasteiger partial charge in [0.1, 0.15) is 18.1 Å². The zero-order valence-corrected chi connectivity index (χ0v) is 12.8. The molecule has 0 unspecified atom stereocenters. The Bertz CT molecular complexity index is 684. The van der Waals surface area contributed by atoms with Crippen molar-refractivity contribution in [2.24, 2.45) is 0 Å². The standard InChI is InChI=1S/C18H19NO3/c1-13(20)19-15(11-14-7-3-5-9-17(14)21-2)12-22-18-10-6-4-8-16(18)19/h3-10,15H,11-12H2,1-2H3/t15-/m0/s1. The fourth-order valence-electron chi connectivity index (χ4n) is 2.94. The lowest BCUT2D eigenvalue weighted by molar-refractivity contribution is -0.117. The summed E-state index contributed by atoms with van der Waals surface area (Å²) in [6.07, 6.45) is 0.692. The summed E-state index contributed by atoms with van der Waals surface area (Å²) in [6, 6.07) is 15.5. The average molecular weight is 297 g/mol. The number of carbonyl (C=O) groups excluding carboxylic acids is 1. The number of ether oxygens (including phenoxy) is 2. The van der Waals surface area contributed by atoms with E-state index in [1.807, 2.05) is 53.4 Å². The summed E-state index contributed by atoms with van der Waals surface area (Å²) in [6.45, 7) is 2.08. The van der Waals surface area contributed by atoms with Crippen LogP contribution in [-0.4, -0.2) is 25.7 Å². The molecule has 2 aromatic carbocycles. The molecule has 2 aromatic rings. The van der Waals surface area contributed by atoms with Gasteiger partial charge < -0.3 is 14.4 Å². The van der Waals surface area contributed by atoms with Crippen LogP contribution >= 0.6 is 0 Å². The van der Waals surface area contributed by atoms with Gasteiger partial charge in [0, 0.05) is 13.3 Å². The van der Waals surface area contributed by atoms with Crippen molar-refractivity contribution in [1.29, 1.82) is 0 Å². The molecule has 1 heterocycles. The monoisotopic (exact) mass is 297 g/mol. The van der Waals surface area contributed by atoms with Gasteiger partial charge in [-0.2, -0.15) is 0 Å². The number of anilines is 1. The van der Waals surface area contributed by atoms with Gasteiger partial charge in [-0.05, 0) is 23.8 Å². The van der Waals surface area contributed by atoms with Crippen LogP contribution in [0.5, 0.6) is 11.5 Å². The van der Waals surface area contributed by atoms with Crippen LogP contribution in [0, 0.1) is 0 Å². The van der Waals surface area contributed by atoms with E-state index in [1.165, 1.54) is 0 Å². The Hall–Kier alpha value is -2.49. The summed E-state index contributed by atoms with van der Waals surface area (Å²) in [4.78, 5) is 14.0. The second-order valence-electron chi connectivity index (χ2n) is 5.34. The van der Waals surface area contributed by atoms with Gasteiger partial charge in [-0.3, -0.25) is 4.79 Å². The minimum atomic E-state index is -0.0382. The van der Waals surface area contributed by atoms with Crippen molar-refractivity contribution in [1.82, 2.24) is 0 Å². The van der Waals surface area contributed by atoms with Gasteiger partial charge in [-0.15, -0.1) is 0 Å². The lowest BCUT2D eigenvalue weighted by Gasteiger charge is -2.36. The third-order valence-electron chi connectivity index (χ3n) is 3.91. The number of rotatable bonds is 3. The predicted octanol–water partition coefficient (Wildman–Crippen LogP) is 3.05. The Morgan fingerprint density at radius 1 is 1.23 bits per heavy atom. The maximum atomic E-state index is 12.2. The number of hydrogen-bond donors (Lipinski definition) is 0. The number of nitrogens with zero attached hydrogens (tertiary/aromatic N) is 1. The van der Waals surface area contributed by atoms with E-state index in [-0.39, 0.29) is 11.9 Å². The molecule has 1 atom stereocenters. The number of methoxy groups -OCH3 is 1. The molecule has 0 aromatic heterocycles. The van der Waals surface area contributed by atoms with Gasteiger partial charge in [-0.25, -0.2) is 0 Å². The zero-order valence-electron chi connectivity index (χ0n) is 12.8. The van der Waals surface area contributed by atoms with E-state index in [1.54, 1.807) is 14.0 Å². The molecule has 22 heavy (non-hydrogen) atoms. The molecule has 3 rings (SSSR count). The minimum Gasteiger partial charge on any atom is -0.496 e. The molecular formula is C18H19NO3. The highest BCUT2D eigenvalue weighted by molar-refractivity contribution is 5.94. The quantitative estimate of drug-likeness (QED) is 0.874. The summed E-state index contributed by atoms with van der Waals surface area (Å²) in [5.41, 5.74) is 1.91. The van der Waals surface area contributed by atoms with E-state index >= 15 is 0 Å². The second kappa shape index (κ2) is 6.10. The number of hydrogen-bond acceptors (Lipinski definition) is 3. The lowest BCUT2D eigenvalue weighted by Crippen LogP contribution is -2.47. The van der Waals surface area contributed by atoms with E-state index in [0.29, 0.717) is 13.0 Å². The molecule has 0 radical (unpaired) electrons. The van der Waals surface area contributed by atoms with Crippen molar-refractivity contribution in [3.8, 4) is 11.5 Å². The molecule has 1 amide bonds. The lowest BCUT2D eigenvalue weighted by atomic mass is 10.0. The van der Waals surface area contributed by atoms with Crippen LogP contribution in [0.2, 0.25) is 0 Å². The third-order valence-corrected chi connectivity index (χ3v) is 3.91. The summed E-state index contributed by atoms with van der Waals surface area (Å²) in [7, 11) is 1.66. The zero-order chi connectivity index (χ0) is 15.5. The molecular weight excluding hydrogens is 278 g/mol. The number of benzene rings is 2. The molecule has 0 fully saturated rings. The van der Waals surface area contributed by atoms with Crippen LogP contribution in [0.1, 0.15) is 12.5 Å². The minimum absolute atomic E-state index is 0.0237. The Morgan fingerprint density at radius 3 is 2.73 bits per heavy atom. The van der Waals surface area contributed by atoms with Crippen LogP contribution in [0.3, 0.4) is 0 Å². The molecule has 0 saturated heterocycles. The summed E-state index contributed by atoms with van der Waals surface area (Å²) in [5.74, 6) is 1.62. The van der Waals surface area contributed by atoms with Crippen LogP contribution in [0.25, 0.3) is 0 Å². The topological polar surface area (TPSA) is 38.8 Å². The highest BCUT2D eigenvalue weighted by Gasteiger charge is 2.30. The molecule has 0 aliphatic carbocycles. The number of amides is 1. The maximum absolute atomic E-state index is 12.2. The number of fused-ring (bicyclic) bond motifs is 1. The van der Waals surface area contributed by atoms with Crippen molar-refractivity contribution in [3.05, 3.63) is 54.1 Å². The van der Waals surface area contributed by atoms with E-state index in [2.05, 4.69) is 0 Å². The van der Waals surface area contributed by atoms with Gasteiger partial charge in [0.15, 0.2) is 0 Å². The van der Waals surface area contributed by atoms with Gasteiger partial charge in [0.25, 0.3) is 0 Å². The first-order valence-corrected chi connectivity index (χ1v) is 7.34. The highest BCUT2D eigenvalue weighted by atomic mass is 16.5. The highest BCUT2D eigenvalue weighted by Crippen LogP contribution is 2.35. The van der Waals surface area contributed by atoms with Crippen LogP contribution in [0.4, 0.5) is 5.69 Å².